The number of anilines is 1. The molecule has 126 valence electrons. The molecule has 2 aromatic carbocycles. The van der Waals surface area contributed by atoms with E-state index >= 15 is 0 Å². The van der Waals surface area contributed by atoms with Crippen molar-refractivity contribution in [3.8, 4) is 0 Å². The second-order valence-electron chi connectivity index (χ2n) is 5.59. The number of carboxylic acids is 1. The van der Waals surface area contributed by atoms with Crippen LogP contribution in [-0.2, 0) is 14.8 Å². The van der Waals surface area contributed by atoms with Crippen molar-refractivity contribution >= 4 is 27.8 Å². The molecule has 0 aliphatic rings. The molecule has 5 nitrogen and oxygen atoms in total. The summed E-state index contributed by atoms with van der Waals surface area (Å²) in [5.74, 6) is -0.869. The lowest BCUT2D eigenvalue weighted by molar-refractivity contribution is -0.131. The molecule has 2 N–H and O–H groups in total. The minimum absolute atomic E-state index is 0.119. The second-order valence-corrected chi connectivity index (χ2v) is 7.27. The highest BCUT2D eigenvalue weighted by Crippen LogP contribution is 2.26. The molecule has 0 heterocycles. The van der Waals surface area contributed by atoms with E-state index in [2.05, 4.69) is 4.72 Å². The minimum Gasteiger partial charge on any atom is -0.478 e. The number of carboxylic acid groups (broad SMARTS) is 1. The molecular formula is C18H19NO4S. The third-order valence-electron chi connectivity index (χ3n) is 3.44. The number of carbonyl (C=O) groups is 1. The number of hydrogen-bond donors (Lipinski definition) is 2. The van der Waals surface area contributed by atoms with E-state index in [0.29, 0.717) is 11.3 Å². The van der Waals surface area contributed by atoms with Crippen molar-refractivity contribution in [2.24, 2.45) is 0 Å². The van der Waals surface area contributed by atoms with Gasteiger partial charge in [0, 0.05) is 6.08 Å². The molecule has 0 unspecified atom stereocenters. The van der Waals surface area contributed by atoms with E-state index in [1.54, 1.807) is 24.3 Å². The highest BCUT2D eigenvalue weighted by Gasteiger charge is 2.16. The van der Waals surface area contributed by atoms with Gasteiger partial charge in [-0.3, -0.25) is 4.72 Å². The third kappa shape index (κ3) is 4.45. The molecule has 0 amide bonds. The van der Waals surface area contributed by atoms with Gasteiger partial charge in [-0.1, -0.05) is 44.2 Å². The van der Waals surface area contributed by atoms with Crippen molar-refractivity contribution in [2.75, 3.05) is 4.72 Å². The second kappa shape index (κ2) is 7.31. The monoisotopic (exact) mass is 345 g/mol. The number of nitrogens with one attached hydrogen (secondary N) is 1. The number of rotatable bonds is 6. The Morgan fingerprint density at radius 1 is 1.08 bits per heavy atom. The summed E-state index contributed by atoms with van der Waals surface area (Å²) in [4.78, 5) is 10.6. The summed E-state index contributed by atoms with van der Waals surface area (Å²) >= 11 is 0. The molecule has 0 saturated heterocycles. The fourth-order valence-corrected chi connectivity index (χ4v) is 3.31. The number of benzene rings is 2. The Balaban J connectivity index is 2.27. The van der Waals surface area contributed by atoms with Gasteiger partial charge in [0.05, 0.1) is 10.6 Å². The summed E-state index contributed by atoms with van der Waals surface area (Å²) in [7, 11) is -3.71. The lowest BCUT2D eigenvalue weighted by Gasteiger charge is -2.14. The molecule has 24 heavy (non-hydrogen) atoms. The van der Waals surface area contributed by atoms with E-state index < -0.39 is 16.0 Å². The van der Waals surface area contributed by atoms with E-state index in [0.717, 1.165) is 11.6 Å². The zero-order valence-electron chi connectivity index (χ0n) is 13.4. The molecule has 0 atom stereocenters. The van der Waals surface area contributed by atoms with Crippen molar-refractivity contribution in [1.29, 1.82) is 0 Å². The predicted molar refractivity (Wildman–Crippen MR) is 94.5 cm³/mol. The molecule has 0 bridgehead atoms. The molecule has 0 fully saturated rings. The van der Waals surface area contributed by atoms with Crippen LogP contribution in [-0.4, -0.2) is 19.5 Å². The van der Waals surface area contributed by atoms with Crippen LogP contribution in [0.15, 0.2) is 59.5 Å². The Morgan fingerprint density at radius 2 is 1.71 bits per heavy atom. The Morgan fingerprint density at radius 3 is 2.29 bits per heavy atom. The molecule has 0 saturated carbocycles. The predicted octanol–water partition coefficient (Wildman–Crippen LogP) is 3.71. The topological polar surface area (TPSA) is 83.5 Å². The highest BCUT2D eigenvalue weighted by atomic mass is 32.2. The van der Waals surface area contributed by atoms with Gasteiger partial charge >= 0.3 is 5.97 Å². The maximum atomic E-state index is 12.5. The van der Waals surface area contributed by atoms with E-state index in [4.69, 9.17) is 5.11 Å². The fraction of sp³-hybridized carbons (Fsp3) is 0.167. The van der Waals surface area contributed by atoms with Crippen molar-refractivity contribution in [2.45, 2.75) is 24.7 Å². The zero-order valence-corrected chi connectivity index (χ0v) is 14.2. The smallest absolute Gasteiger partial charge is 0.328 e. The van der Waals surface area contributed by atoms with Crippen LogP contribution in [0.1, 0.15) is 30.9 Å². The first-order valence-corrected chi connectivity index (χ1v) is 8.91. The zero-order chi connectivity index (χ0) is 17.7. The van der Waals surface area contributed by atoms with Crippen LogP contribution < -0.4 is 4.72 Å². The molecule has 0 aromatic heterocycles. The van der Waals surface area contributed by atoms with Gasteiger partial charge in [-0.25, -0.2) is 13.2 Å². The maximum absolute atomic E-state index is 12.5. The summed E-state index contributed by atoms with van der Waals surface area (Å²) in [6.45, 7) is 3.99. The Labute approximate surface area is 141 Å². The standard InChI is InChI=1S/C18H19NO4S/c1-13(2)16-5-3-4-6-17(16)19-24(22,23)15-10-7-14(8-11-15)9-12-18(20)21/h3-13,19H,1-2H3,(H,20,21). The average molecular weight is 345 g/mol. The van der Waals surface area contributed by atoms with Crippen LogP contribution in [0.2, 0.25) is 0 Å². The first-order valence-electron chi connectivity index (χ1n) is 7.42. The third-order valence-corrected chi connectivity index (χ3v) is 4.82. The maximum Gasteiger partial charge on any atom is 0.328 e. The SMILES string of the molecule is CC(C)c1ccccc1NS(=O)(=O)c1ccc(C=CC(=O)O)cc1. The summed E-state index contributed by atoms with van der Waals surface area (Å²) in [5, 5.41) is 8.60. The van der Waals surface area contributed by atoms with Crippen LogP contribution in [0.4, 0.5) is 5.69 Å². The minimum atomic E-state index is -3.71. The van der Waals surface area contributed by atoms with Crippen molar-refractivity contribution in [1.82, 2.24) is 0 Å². The van der Waals surface area contributed by atoms with Gasteiger partial charge in [0.25, 0.3) is 10.0 Å². The van der Waals surface area contributed by atoms with Gasteiger partial charge in [0.2, 0.25) is 0 Å². The van der Waals surface area contributed by atoms with Gasteiger partial charge in [-0.05, 0) is 41.3 Å². The summed E-state index contributed by atoms with van der Waals surface area (Å²) in [5.41, 5.74) is 2.09. The van der Waals surface area contributed by atoms with Crippen LogP contribution in [0.3, 0.4) is 0 Å². The quantitative estimate of drug-likeness (QED) is 0.782. The molecule has 0 radical (unpaired) electrons. The Hall–Kier alpha value is -2.60. The van der Waals surface area contributed by atoms with E-state index in [9.17, 15) is 13.2 Å². The number of hydrogen-bond acceptors (Lipinski definition) is 3. The van der Waals surface area contributed by atoms with E-state index in [-0.39, 0.29) is 10.8 Å². The summed E-state index contributed by atoms with van der Waals surface area (Å²) < 4.78 is 27.7. The van der Waals surface area contributed by atoms with Crippen LogP contribution in [0, 0.1) is 0 Å². The Kier molecular flexibility index (Phi) is 5.41. The van der Waals surface area contributed by atoms with Gasteiger partial charge in [-0.15, -0.1) is 0 Å². The molecular weight excluding hydrogens is 326 g/mol. The summed E-state index contributed by atoms with van der Waals surface area (Å²) in [6, 6.07) is 13.3. The number of aliphatic carboxylic acids is 1. The normalized spacial score (nSPS) is 11.8. The molecule has 0 aliphatic carbocycles. The molecule has 0 spiro atoms. The van der Waals surface area contributed by atoms with Crippen LogP contribution in [0.25, 0.3) is 6.08 Å². The molecule has 2 aromatic rings. The average Bonchev–Trinajstić information content (AvgIpc) is 2.53. The highest BCUT2D eigenvalue weighted by molar-refractivity contribution is 7.92. The number of sulfonamides is 1. The van der Waals surface area contributed by atoms with Crippen molar-refractivity contribution in [3.05, 3.63) is 65.7 Å². The van der Waals surface area contributed by atoms with E-state index in [1.807, 2.05) is 26.0 Å². The Bertz CT molecular complexity index is 853. The largest absolute Gasteiger partial charge is 0.478 e. The summed E-state index contributed by atoms with van der Waals surface area (Å²) in [6.07, 6.45) is 2.40. The van der Waals surface area contributed by atoms with Gasteiger partial charge in [0.1, 0.15) is 0 Å². The van der Waals surface area contributed by atoms with Crippen LogP contribution in [0.5, 0.6) is 0 Å². The lowest BCUT2D eigenvalue weighted by Crippen LogP contribution is -2.14. The molecule has 0 aliphatic heterocycles. The van der Waals surface area contributed by atoms with Crippen molar-refractivity contribution < 1.29 is 18.3 Å². The number of para-hydroxylation sites is 1. The van der Waals surface area contributed by atoms with E-state index in [1.165, 1.54) is 18.2 Å². The lowest BCUT2D eigenvalue weighted by atomic mass is 10.0. The van der Waals surface area contributed by atoms with Crippen molar-refractivity contribution in [3.63, 3.8) is 0 Å². The van der Waals surface area contributed by atoms with Gasteiger partial charge < -0.3 is 5.11 Å². The first-order chi connectivity index (χ1) is 11.3. The molecule has 6 heteroatoms. The van der Waals surface area contributed by atoms with Gasteiger partial charge in [0.15, 0.2) is 0 Å². The van der Waals surface area contributed by atoms with Gasteiger partial charge in [-0.2, -0.15) is 0 Å². The fourth-order valence-electron chi connectivity index (χ4n) is 2.22. The first kappa shape index (κ1) is 17.7. The molecule has 2 rings (SSSR count). The van der Waals surface area contributed by atoms with Crippen LogP contribution >= 0.6 is 0 Å².